The van der Waals surface area contributed by atoms with Gasteiger partial charge in [0.05, 0.1) is 6.04 Å². The molecule has 2 heterocycles. The van der Waals surface area contributed by atoms with E-state index in [2.05, 4.69) is 11.4 Å². The topological polar surface area (TPSA) is 25.2 Å². The highest BCUT2D eigenvalue weighted by Gasteiger charge is 2.17. The second-order valence-electron chi connectivity index (χ2n) is 4.69. The molecule has 17 heavy (non-hydrogen) atoms. The third-order valence-electron chi connectivity index (χ3n) is 3.40. The van der Waals surface area contributed by atoms with Crippen molar-refractivity contribution in [3.05, 3.63) is 35.0 Å². The SMILES string of the molecule is Clc1ccc2oc(C3CCCCCN3)cc2c1. The predicted octanol–water partition coefficient (Wildman–Crippen LogP) is 4.29. The summed E-state index contributed by atoms with van der Waals surface area (Å²) in [6.45, 7) is 1.09. The Kier molecular flexibility index (Phi) is 3.08. The molecule has 1 N–H and O–H groups in total. The number of furan rings is 1. The van der Waals surface area contributed by atoms with Crippen molar-refractivity contribution in [3.63, 3.8) is 0 Å². The highest BCUT2D eigenvalue weighted by Crippen LogP contribution is 2.29. The first-order valence-electron chi connectivity index (χ1n) is 6.25. The summed E-state index contributed by atoms with van der Waals surface area (Å²) in [6.07, 6.45) is 5.02. The van der Waals surface area contributed by atoms with Gasteiger partial charge < -0.3 is 9.73 Å². The zero-order valence-corrected chi connectivity index (χ0v) is 10.5. The molecule has 0 bridgehead atoms. The Morgan fingerprint density at radius 3 is 3.06 bits per heavy atom. The fourth-order valence-electron chi connectivity index (χ4n) is 2.48. The minimum Gasteiger partial charge on any atom is -0.459 e. The van der Waals surface area contributed by atoms with E-state index in [1.54, 1.807) is 0 Å². The van der Waals surface area contributed by atoms with Crippen molar-refractivity contribution in [1.82, 2.24) is 5.32 Å². The summed E-state index contributed by atoms with van der Waals surface area (Å²) in [5.41, 5.74) is 0.926. The summed E-state index contributed by atoms with van der Waals surface area (Å²) < 4.78 is 5.90. The molecule has 1 unspecified atom stereocenters. The fourth-order valence-corrected chi connectivity index (χ4v) is 2.66. The first kappa shape index (κ1) is 11.1. The lowest BCUT2D eigenvalue weighted by Crippen LogP contribution is -2.19. The molecule has 0 radical (unpaired) electrons. The summed E-state index contributed by atoms with van der Waals surface area (Å²) in [4.78, 5) is 0. The Hall–Kier alpha value is -0.990. The average Bonchev–Trinajstić information content (AvgIpc) is 2.57. The fraction of sp³-hybridized carbons (Fsp3) is 0.429. The Balaban J connectivity index is 1.93. The monoisotopic (exact) mass is 249 g/mol. The quantitative estimate of drug-likeness (QED) is 0.816. The third kappa shape index (κ3) is 2.33. The molecule has 3 heteroatoms. The van der Waals surface area contributed by atoms with Gasteiger partial charge in [-0.3, -0.25) is 0 Å². The second kappa shape index (κ2) is 4.71. The standard InChI is InChI=1S/C14H16ClNO/c15-11-5-6-13-10(8-11)9-14(17-13)12-4-2-1-3-7-16-12/h5-6,8-9,12,16H,1-4,7H2. The van der Waals surface area contributed by atoms with E-state index in [1.807, 2.05) is 18.2 Å². The molecule has 0 spiro atoms. The van der Waals surface area contributed by atoms with Crippen LogP contribution in [0.5, 0.6) is 0 Å². The summed E-state index contributed by atoms with van der Waals surface area (Å²) in [5, 5.41) is 5.41. The number of benzene rings is 1. The van der Waals surface area contributed by atoms with Crippen LogP contribution in [0, 0.1) is 0 Å². The number of hydrogen-bond donors (Lipinski definition) is 1. The van der Waals surface area contributed by atoms with E-state index in [4.69, 9.17) is 16.0 Å². The van der Waals surface area contributed by atoms with E-state index < -0.39 is 0 Å². The molecule has 0 aliphatic carbocycles. The molecule has 1 aromatic carbocycles. The van der Waals surface area contributed by atoms with Gasteiger partial charge in [0.1, 0.15) is 11.3 Å². The molecule has 0 saturated carbocycles. The van der Waals surface area contributed by atoms with Crippen molar-refractivity contribution in [2.45, 2.75) is 31.7 Å². The lowest BCUT2D eigenvalue weighted by molar-refractivity contribution is 0.426. The van der Waals surface area contributed by atoms with Crippen LogP contribution >= 0.6 is 11.6 Å². The molecule has 1 aromatic heterocycles. The molecule has 1 aliphatic rings. The number of hydrogen-bond acceptors (Lipinski definition) is 2. The predicted molar refractivity (Wildman–Crippen MR) is 70.4 cm³/mol. The Morgan fingerprint density at radius 1 is 1.18 bits per heavy atom. The van der Waals surface area contributed by atoms with Crippen LogP contribution < -0.4 is 5.32 Å². The van der Waals surface area contributed by atoms with Crippen molar-refractivity contribution >= 4 is 22.6 Å². The van der Waals surface area contributed by atoms with Crippen molar-refractivity contribution in [3.8, 4) is 0 Å². The minimum absolute atomic E-state index is 0.365. The summed E-state index contributed by atoms with van der Waals surface area (Å²) in [5.74, 6) is 1.05. The number of nitrogens with one attached hydrogen (secondary N) is 1. The van der Waals surface area contributed by atoms with Gasteiger partial charge in [0.25, 0.3) is 0 Å². The van der Waals surface area contributed by atoms with Crippen LogP contribution in [-0.2, 0) is 0 Å². The van der Waals surface area contributed by atoms with Crippen LogP contribution in [0.4, 0.5) is 0 Å². The highest BCUT2D eigenvalue weighted by molar-refractivity contribution is 6.31. The molecule has 1 saturated heterocycles. The Morgan fingerprint density at radius 2 is 2.12 bits per heavy atom. The molecule has 1 aliphatic heterocycles. The average molecular weight is 250 g/mol. The van der Waals surface area contributed by atoms with Gasteiger partial charge in [0, 0.05) is 10.4 Å². The van der Waals surface area contributed by atoms with E-state index in [-0.39, 0.29) is 0 Å². The number of fused-ring (bicyclic) bond motifs is 1. The first-order valence-corrected chi connectivity index (χ1v) is 6.63. The molecule has 0 amide bonds. The Labute approximate surface area is 106 Å². The van der Waals surface area contributed by atoms with Gasteiger partial charge >= 0.3 is 0 Å². The van der Waals surface area contributed by atoms with Crippen LogP contribution in [0.15, 0.2) is 28.7 Å². The van der Waals surface area contributed by atoms with E-state index >= 15 is 0 Å². The number of halogens is 1. The molecule has 1 fully saturated rings. The Bertz CT molecular complexity index is 512. The third-order valence-corrected chi connectivity index (χ3v) is 3.64. The summed E-state index contributed by atoms with van der Waals surface area (Å²) >= 11 is 5.98. The van der Waals surface area contributed by atoms with Gasteiger partial charge in [-0.1, -0.05) is 24.4 Å². The van der Waals surface area contributed by atoms with Crippen molar-refractivity contribution in [2.24, 2.45) is 0 Å². The lowest BCUT2D eigenvalue weighted by Gasteiger charge is -2.11. The maximum atomic E-state index is 5.98. The maximum Gasteiger partial charge on any atom is 0.134 e. The van der Waals surface area contributed by atoms with E-state index in [1.165, 1.54) is 19.3 Å². The zero-order chi connectivity index (χ0) is 11.7. The first-order chi connectivity index (χ1) is 8.33. The molecular weight excluding hydrogens is 234 g/mol. The van der Waals surface area contributed by atoms with Gasteiger partial charge in [-0.25, -0.2) is 0 Å². The largest absolute Gasteiger partial charge is 0.459 e. The summed E-state index contributed by atoms with van der Waals surface area (Å²) in [6, 6.07) is 8.25. The van der Waals surface area contributed by atoms with Crippen molar-refractivity contribution in [2.75, 3.05) is 6.54 Å². The van der Waals surface area contributed by atoms with Gasteiger partial charge in [-0.05, 0) is 43.7 Å². The highest BCUT2D eigenvalue weighted by atomic mass is 35.5. The van der Waals surface area contributed by atoms with E-state index in [0.717, 1.165) is 34.7 Å². The number of rotatable bonds is 1. The normalized spacial score (nSPS) is 21.6. The molecule has 90 valence electrons. The smallest absolute Gasteiger partial charge is 0.134 e. The zero-order valence-electron chi connectivity index (χ0n) is 9.71. The van der Waals surface area contributed by atoms with Crippen LogP contribution in [-0.4, -0.2) is 6.54 Å². The van der Waals surface area contributed by atoms with Crippen LogP contribution in [0.1, 0.15) is 37.5 Å². The molecule has 2 aromatic rings. The maximum absolute atomic E-state index is 5.98. The van der Waals surface area contributed by atoms with Gasteiger partial charge in [-0.15, -0.1) is 0 Å². The van der Waals surface area contributed by atoms with Crippen molar-refractivity contribution in [1.29, 1.82) is 0 Å². The lowest BCUT2D eigenvalue weighted by atomic mass is 10.1. The van der Waals surface area contributed by atoms with Gasteiger partial charge in [0.2, 0.25) is 0 Å². The van der Waals surface area contributed by atoms with Crippen LogP contribution in [0.2, 0.25) is 5.02 Å². The summed E-state index contributed by atoms with van der Waals surface area (Å²) in [7, 11) is 0. The van der Waals surface area contributed by atoms with Crippen LogP contribution in [0.3, 0.4) is 0 Å². The molecular formula is C14H16ClNO. The van der Waals surface area contributed by atoms with Gasteiger partial charge in [0.15, 0.2) is 0 Å². The van der Waals surface area contributed by atoms with Crippen molar-refractivity contribution < 1.29 is 4.42 Å². The molecule has 2 nitrogen and oxygen atoms in total. The van der Waals surface area contributed by atoms with E-state index in [9.17, 15) is 0 Å². The second-order valence-corrected chi connectivity index (χ2v) is 5.12. The van der Waals surface area contributed by atoms with Crippen LogP contribution in [0.25, 0.3) is 11.0 Å². The molecule has 3 rings (SSSR count). The molecule has 1 atom stereocenters. The van der Waals surface area contributed by atoms with Gasteiger partial charge in [-0.2, -0.15) is 0 Å². The van der Waals surface area contributed by atoms with E-state index in [0.29, 0.717) is 6.04 Å². The minimum atomic E-state index is 0.365.